The van der Waals surface area contributed by atoms with E-state index in [1.54, 1.807) is 0 Å². The first-order chi connectivity index (χ1) is 14.5. The molecule has 0 spiro atoms. The standard InChI is InChI=1S/C22H24ClIN6/c1-15-13-17(23)3-8-20(15)27-21-16(2)14-25-22(28-21)26-18-4-6-19(7-5-18)29-9-11-30(24)12-10-29/h3-8,13-14H,9-12H2,1-2H3,(H2,25,26,27,28). The molecule has 1 saturated heterocycles. The summed E-state index contributed by atoms with van der Waals surface area (Å²) in [5.41, 5.74) is 5.22. The van der Waals surface area contributed by atoms with Gasteiger partial charge in [-0.05, 0) is 61.9 Å². The molecule has 3 aromatic rings. The minimum absolute atomic E-state index is 0.556. The summed E-state index contributed by atoms with van der Waals surface area (Å²) in [5.74, 6) is 1.33. The van der Waals surface area contributed by atoms with Crippen LogP contribution in [0.5, 0.6) is 0 Å². The third-order valence-corrected chi connectivity index (χ3v) is 6.33. The molecule has 0 unspecified atom stereocenters. The highest BCUT2D eigenvalue weighted by Crippen LogP contribution is 2.26. The molecular formula is C22H24ClIN6. The summed E-state index contributed by atoms with van der Waals surface area (Å²) >= 11 is 8.46. The van der Waals surface area contributed by atoms with Gasteiger partial charge in [-0.3, -0.25) is 0 Å². The Balaban J connectivity index is 1.46. The van der Waals surface area contributed by atoms with Gasteiger partial charge in [-0.15, -0.1) is 0 Å². The van der Waals surface area contributed by atoms with E-state index in [0.29, 0.717) is 5.95 Å². The van der Waals surface area contributed by atoms with E-state index in [9.17, 15) is 0 Å². The molecule has 8 heteroatoms. The SMILES string of the molecule is Cc1cc(Cl)ccc1Nc1nc(Nc2ccc(N3CCN(I)CC3)cc2)ncc1C. The van der Waals surface area contributed by atoms with Crippen molar-refractivity contribution >= 4 is 63.3 Å². The molecular weight excluding hydrogens is 511 g/mol. The maximum atomic E-state index is 6.06. The zero-order chi connectivity index (χ0) is 21.1. The van der Waals surface area contributed by atoms with Crippen molar-refractivity contribution in [3.8, 4) is 0 Å². The van der Waals surface area contributed by atoms with Gasteiger partial charge in [-0.25, -0.2) is 8.10 Å². The highest BCUT2D eigenvalue weighted by molar-refractivity contribution is 14.1. The van der Waals surface area contributed by atoms with Gasteiger partial charge >= 0.3 is 0 Å². The third kappa shape index (κ3) is 5.14. The molecule has 30 heavy (non-hydrogen) atoms. The largest absolute Gasteiger partial charge is 0.369 e. The van der Waals surface area contributed by atoms with Crippen molar-refractivity contribution in [2.75, 3.05) is 41.7 Å². The fourth-order valence-electron chi connectivity index (χ4n) is 3.35. The summed E-state index contributed by atoms with van der Waals surface area (Å²) in [4.78, 5) is 11.5. The number of aromatic nitrogens is 2. The summed E-state index contributed by atoms with van der Waals surface area (Å²) in [5, 5.41) is 7.42. The third-order valence-electron chi connectivity index (χ3n) is 5.13. The van der Waals surface area contributed by atoms with Crippen LogP contribution < -0.4 is 15.5 Å². The van der Waals surface area contributed by atoms with Gasteiger partial charge in [0.05, 0.1) is 0 Å². The van der Waals surface area contributed by atoms with E-state index >= 15 is 0 Å². The first-order valence-electron chi connectivity index (χ1n) is 9.87. The molecule has 1 aromatic heterocycles. The number of benzene rings is 2. The average Bonchev–Trinajstić information content (AvgIpc) is 2.74. The Morgan fingerprint density at radius 1 is 0.933 bits per heavy atom. The van der Waals surface area contributed by atoms with Crippen LogP contribution in [0, 0.1) is 13.8 Å². The van der Waals surface area contributed by atoms with Crippen LogP contribution in [0.15, 0.2) is 48.7 Å². The molecule has 4 rings (SSSR count). The van der Waals surface area contributed by atoms with Gasteiger partial charge in [0, 0.05) is 82.9 Å². The minimum atomic E-state index is 0.556. The molecule has 1 fully saturated rings. The molecule has 6 nitrogen and oxygen atoms in total. The molecule has 156 valence electrons. The molecule has 0 bridgehead atoms. The second-order valence-electron chi connectivity index (χ2n) is 7.38. The van der Waals surface area contributed by atoms with Gasteiger partial charge < -0.3 is 15.5 Å². The predicted octanol–water partition coefficient (Wildman–Crippen LogP) is 5.71. The first-order valence-corrected chi connectivity index (χ1v) is 11.2. The van der Waals surface area contributed by atoms with Crippen molar-refractivity contribution in [2.24, 2.45) is 0 Å². The van der Waals surface area contributed by atoms with Crippen LogP contribution in [0.4, 0.5) is 28.8 Å². The van der Waals surface area contributed by atoms with Crippen LogP contribution in [-0.4, -0.2) is 39.3 Å². The van der Waals surface area contributed by atoms with Crippen LogP contribution in [0.3, 0.4) is 0 Å². The van der Waals surface area contributed by atoms with E-state index in [1.807, 2.05) is 38.2 Å². The van der Waals surface area contributed by atoms with Crippen molar-refractivity contribution in [1.82, 2.24) is 13.1 Å². The van der Waals surface area contributed by atoms with Crippen molar-refractivity contribution in [3.05, 3.63) is 64.8 Å². The fraction of sp³-hybridized carbons (Fsp3) is 0.273. The quantitative estimate of drug-likeness (QED) is 0.323. The molecule has 0 amide bonds. The molecule has 0 radical (unpaired) electrons. The monoisotopic (exact) mass is 534 g/mol. The first kappa shape index (κ1) is 21.1. The number of hydrogen-bond donors (Lipinski definition) is 2. The van der Waals surface area contributed by atoms with E-state index < -0.39 is 0 Å². The number of nitrogens with one attached hydrogen (secondary N) is 2. The normalized spacial score (nSPS) is 14.6. The van der Waals surface area contributed by atoms with E-state index in [4.69, 9.17) is 11.6 Å². The number of halogens is 2. The lowest BCUT2D eigenvalue weighted by Crippen LogP contribution is -2.42. The highest BCUT2D eigenvalue weighted by atomic mass is 127. The van der Waals surface area contributed by atoms with Crippen molar-refractivity contribution in [1.29, 1.82) is 0 Å². The number of rotatable bonds is 5. The summed E-state index contributed by atoms with van der Waals surface area (Å²) in [6.45, 7) is 8.28. The Labute approximate surface area is 196 Å². The van der Waals surface area contributed by atoms with E-state index in [-0.39, 0.29) is 0 Å². The number of anilines is 5. The topological polar surface area (TPSA) is 56.3 Å². The number of nitrogens with zero attached hydrogens (tertiary/aromatic N) is 4. The van der Waals surface area contributed by atoms with Crippen molar-refractivity contribution in [3.63, 3.8) is 0 Å². The van der Waals surface area contributed by atoms with Gasteiger partial charge in [0.2, 0.25) is 5.95 Å². The number of aryl methyl sites for hydroxylation is 2. The van der Waals surface area contributed by atoms with E-state index in [1.165, 1.54) is 5.69 Å². The molecule has 2 aromatic carbocycles. The molecule has 1 aliphatic heterocycles. The summed E-state index contributed by atoms with van der Waals surface area (Å²) < 4.78 is 2.33. The summed E-state index contributed by atoms with van der Waals surface area (Å²) in [6.07, 6.45) is 1.82. The lowest BCUT2D eigenvalue weighted by Gasteiger charge is -2.33. The summed E-state index contributed by atoms with van der Waals surface area (Å²) in [7, 11) is 0. The number of piperazine rings is 1. The van der Waals surface area contributed by atoms with Crippen molar-refractivity contribution in [2.45, 2.75) is 13.8 Å². The van der Waals surface area contributed by atoms with Gasteiger partial charge in [0.1, 0.15) is 5.82 Å². The smallest absolute Gasteiger partial charge is 0.229 e. The Hall–Kier alpha value is -2.10. The van der Waals surface area contributed by atoms with Crippen LogP contribution in [0.2, 0.25) is 5.02 Å². The second kappa shape index (κ2) is 9.36. The van der Waals surface area contributed by atoms with E-state index in [0.717, 1.165) is 59.5 Å². The van der Waals surface area contributed by atoms with Crippen LogP contribution >= 0.6 is 34.5 Å². The van der Waals surface area contributed by atoms with Gasteiger partial charge in [-0.1, -0.05) is 11.6 Å². The zero-order valence-corrected chi connectivity index (χ0v) is 19.9. The Morgan fingerprint density at radius 3 is 2.37 bits per heavy atom. The molecule has 1 aliphatic rings. The second-order valence-corrected chi connectivity index (χ2v) is 9.18. The molecule has 0 aliphatic carbocycles. The highest BCUT2D eigenvalue weighted by Gasteiger charge is 2.15. The lowest BCUT2D eigenvalue weighted by atomic mass is 10.2. The number of hydrogen-bond acceptors (Lipinski definition) is 6. The van der Waals surface area contributed by atoms with Crippen molar-refractivity contribution < 1.29 is 0 Å². The Bertz CT molecular complexity index is 1020. The fourth-order valence-corrected chi connectivity index (χ4v) is 4.01. The van der Waals surface area contributed by atoms with Crippen LogP contribution in [-0.2, 0) is 0 Å². The van der Waals surface area contributed by atoms with Crippen LogP contribution in [0.25, 0.3) is 0 Å². The average molecular weight is 535 g/mol. The Morgan fingerprint density at radius 2 is 1.67 bits per heavy atom. The van der Waals surface area contributed by atoms with Gasteiger partial charge in [0.15, 0.2) is 0 Å². The van der Waals surface area contributed by atoms with Gasteiger partial charge in [-0.2, -0.15) is 4.98 Å². The van der Waals surface area contributed by atoms with Crippen LogP contribution in [0.1, 0.15) is 11.1 Å². The van der Waals surface area contributed by atoms with E-state index in [2.05, 4.69) is 75.7 Å². The maximum Gasteiger partial charge on any atom is 0.229 e. The lowest BCUT2D eigenvalue weighted by molar-refractivity contribution is 0.460. The molecule has 0 atom stereocenters. The maximum absolute atomic E-state index is 6.06. The Kier molecular flexibility index (Phi) is 6.60. The zero-order valence-electron chi connectivity index (χ0n) is 17.0. The molecule has 0 saturated carbocycles. The minimum Gasteiger partial charge on any atom is -0.369 e. The predicted molar refractivity (Wildman–Crippen MR) is 134 cm³/mol. The van der Waals surface area contributed by atoms with Gasteiger partial charge in [0.25, 0.3) is 0 Å². The molecule has 2 heterocycles. The molecule has 2 N–H and O–H groups in total. The summed E-state index contributed by atoms with van der Waals surface area (Å²) in [6, 6.07) is 14.2.